The Kier molecular flexibility index (Phi) is 4.91. The van der Waals surface area contributed by atoms with E-state index >= 15 is 0 Å². The zero-order valence-corrected chi connectivity index (χ0v) is 15.6. The van der Waals surface area contributed by atoms with E-state index in [0.717, 1.165) is 16.7 Å². The number of nitrogens with zero attached hydrogens (tertiary/aromatic N) is 1. The minimum atomic E-state index is -0.425. The lowest BCUT2D eigenvalue weighted by molar-refractivity contribution is -0.384. The first-order valence-corrected chi connectivity index (χ1v) is 8.76. The fourth-order valence-electron chi connectivity index (χ4n) is 2.96. The Morgan fingerprint density at radius 2 is 1.52 bits per heavy atom. The van der Waals surface area contributed by atoms with Gasteiger partial charge in [0.1, 0.15) is 0 Å². The highest BCUT2D eigenvalue weighted by molar-refractivity contribution is 6.12. The lowest BCUT2D eigenvalue weighted by atomic mass is 9.83. The summed E-state index contributed by atoms with van der Waals surface area (Å²) < 4.78 is 0. The molecule has 3 aromatic rings. The number of nitro benzene ring substituents is 1. The normalized spacial score (nSPS) is 11.2. The van der Waals surface area contributed by atoms with Crippen molar-refractivity contribution in [2.24, 2.45) is 0 Å². The number of non-ortho nitro benzene ring substituents is 1. The second-order valence-electron chi connectivity index (χ2n) is 7.51. The summed E-state index contributed by atoms with van der Waals surface area (Å²) in [5.74, 6) is -0.0654. The van der Waals surface area contributed by atoms with Gasteiger partial charge in [0.2, 0.25) is 0 Å². The molecular formula is C23H21NO3. The summed E-state index contributed by atoms with van der Waals surface area (Å²) in [7, 11) is 0. The van der Waals surface area contributed by atoms with Crippen molar-refractivity contribution in [3.8, 4) is 11.1 Å². The van der Waals surface area contributed by atoms with Crippen LogP contribution in [-0.2, 0) is 5.41 Å². The van der Waals surface area contributed by atoms with Gasteiger partial charge in [-0.05, 0) is 40.3 Å². The van der Waals surface area contributed by atoms with Gasteiger partial charge in [0, 0.05) is 23.3 Å². The summed E-state index contributed by atoms with van der Waals surface area (Å²) in [5.41, 5.74) is 3.82. The van der Waals surface area contributed by atoms with Crippen LogP contribution in [0.25, 0.3) is 11.1 Å². The Hall–Kier alpha value is -3.27. The monoisotopic (exact) mass is 359 g/mol. The molecule has 0 saturated carbocycles. The fraction of sp³-hybridized carbons (Fsp3) is 0.174. The molecule has 0 aliphatic heterocycles. The molecule has 0 aliphatic carbocycles. The second kappa shape index (κ2) is 7.16. The molecule has 4 nitrogen and oxygen atoms in total. The molecule has 0 radical (unpaired) electrons. The first kappa shape index (κ1) is 18.5. The number of carbonyl (C=O) groups excluding carboxylic acids is 1. The molecule has 4 heteroatoms. The van der Waals surface area contributed by atoms with Crippen molar-refractivity contribution in [2.45, 2.75) is 26.2 Å². The van der Waals surface area contributed by atoms with Gasteiger partial charge in [-0.25, -0.2) is 0 Å². The zero-order chi connectivity index (χ0) is 19.6. The van der Waals surface area contributed by atoms with Crippen molar-refractivity contribution in [3.63, 3.8) is 0 Å². The van der Waals surface area contributed by atoms with Crippen molar-refractivity contribution in [1.29, 1.82) is 0 Å². The van der Waals surface area contributed by atoms with Crippen molar-refractivity contribution >= 4 is 11.5 Å². The van der Waals surface area contributed by atoms with Gasteiger partial charge in [-0.2, -0.15) is 0 Å². The van der Waals surface area contributed by atoms with Crippen molar-refractivity contribution < 1.29 is 9.72 Å². The van der Waals surface area contributed by atoms with Crippen molar-refractivity contribution in [3.05, 3.63) is 99.6 Å². The second-order valence-corrected chi connectivity index (χ2v) is 7.51. The lowest BCUT2D eigenvalue weighted by Gasteiger charge is -2.21. The van der Waals surface area contributed by atoms with E-state index in [0.29, 0.717) is 11.1 Å². The van der Waals surface area contributed by atoms with Gasteiger partial charge in [-0.15, -0.1) is 0 Å². The van der Waals surface area contributed by atoms with Gasteiger partial charge in [0.25, 0.3) is 5.69 Å². The van der Waals surface area contributed by atoms with Gasteiger partial charge in [0.15, 0.2) is 5.78 Å². The third-order valence-corrected chi connectivity index (χ3v) is 4.56. The summed E-state index contributed by atoms with van der Waals surface area (Å²) in [5, 5.41) is 10.9. The predicted octanol–water partition coefficient (Wildman–Crippen LogP) is 5.79. The molecule has 0 spiro atoms. The van der Waals surface area contributed by atoms with Crippen LogP contribution in [0, 0.1) is 10.1 Å². The van der Waals surface area contributed by atoms with Crippen LogP contribution >= 0.6 is 0 Å². The highest BCUT2D eigenvalue weighted by atomic mass is 16.6. The van der Waals surface area contributed by atoms with Gasteiger partial charge in [-0.3, -0.25) is 14.9 Å². The molecule has 0 aromatic heterocycles. The van der Waals surface area contributed by atoms with E-state index in [9.17, 15) is 14.9 Å². The summed E-state index contributed by atoms with van der Waals surface area (Å²) >= 11 is 0. The molecule has 0 saturated heterocycles. The quantitative estimate of drug-likeness (QED) is 0.336. The predicted molar refractivity (Wildman–Crippen MR) is 107 cm³/mol. The first-order chi connectivity index (χ1) is 12.8. The standard InChI is InChI=1S/C23H21NO3/c1-23(2,3)18-11-14-20(22(25)17-7-5-4-6-8-17)21(15-18)16-9-12-19(13-10-16)24(26)27/h4-15H,1-3H3. The largest absolute Gasteiger partial charge is 0.289 e. The molecule has 0 bridgehead atoms. The highest BCUT2D eigenvalue weighted by Crippen LogP contribution is 2.32. The molecular weight excluding hydrogens is 338 g/mol. The van der Waals surface area contributed by atoms with Crippen LogP contribution in [-0.4, -0.2) is 10.7 Å². The Bertz CT molecular complexity index is 984. The van der Waals surface area contributed by atoms with E-state index in [4.69, 9.17) is 0 Å². The molecule has 0 unspecified atom stereocenters. The third-order valence-electron chi connectivity index (χ3n) is 4.56. The minimum absolute atomic E-state index is 0.0293. The van der Waals surface area contributed by atoms with Crippen LogP contribution in [0.4, 0.5) is 5.69 Å². The van der Waals surface area contributed by atoms with Crippen LogP contribution in [0.3, 0.4) is 0 Å². The number of benzene rings is 3. The van der Waals surface area contributed by atoms with Crippen molar-refractivity contribution in [2.75, 3.05) is 0 Å². The summed E-state index contributed by atoms with van der Waals surface area (Å²) in [6.45, 7) is 6.34. The molecule has 0 aliphatic rings. The lowest BCUT2D eigenvalue weighted by Crippen LogP contribution is -2.12. The molecule has 136 valence electrons. The molecule has 3 rings (SSSR count). The molecule has 0 amide bonds. The topological polar surface area (TPSA) is 60.2 Å². The van der Waals surface area contributed by atoms with Crippen LogP contribution in [0.2, 0.25) is 0 Å². The number of ketones is 1. The van der Waals surface area contributed by atoms with Crippen LogP contribution in [0.1, 0.15) is 42.3 Å². The molecule has 0 fully saturated rings. The van der Waals surface area contributed by atoms with E-state index < -0.39 is 4.92 Å². The Balaban J connectivity index is 2.16. The average Bonchev–Trinajstić information content (AvgIpc) is 2.67. The smallest absolute Gasteiger partial charge is 0.269 e. The maximum absolute atomic E-state index is 13.1. The molecule has 0 N–H and O–H groups in total. The summed E-state index contributed by atoms with van der Waals surface area (Å²) in [6.07, 6.45) is 0. The van der Waals surface area contributed by atoms with Crippen LogP contribution < -0.4 is 0 Å². The van der Waals surface area contributed by atoms with E-state index in [1.807, 2.05) is 36.4 Å². The first-order valence-electron chi connectivity index (χ1n) is 8.76. The average molecular weight is 359 g/mol. The SMILES string of the molecule is CC(C)(C)c1ccc(C(=O)c2ccccc2)c(-c2ccc([N+](=O)[O-])cc2)c1. The van der Waals surface area contributed by atoms with Gasteiger partial charge in [0.05, 0.1) is 4.92 Å². The number of hydrogen-bond acceptors (Lipinski definition) is 3. The minimum Gasteiger partial charge on any atom is -0.289 e. The third kappa shape index (κ3) is 3.95. The van der Waals surface area contributed by atoms with E-state index in [2.05, 4.69) is 20.8 Å². The van der Waals surface area contributed by atoms with E-state index in [1.54, 1.807) is 24.3 Å². The number of hydrogen-bond donors (Lipinski definition) is 0. The maximum atomic E-state index is 13.1. The van der Waals surface area contributed by atoms with Gasteiger partial charge in [-0.1, -0.05) is 63.2 Å². The number of carbonyl (C=O) groups is 1. The molecule has 27 heavy (non-hydrogen) atoms. The van der Waals surface area contributed by atoms with Crippen molar-refractivity contribution in [1.82, 2.24) is 0 Å². The number of rotatable bonds is 4. The molecule has 0 atom stereocenters. The fourth-order valence-corrected chi connectivity index (χ4v) is 2.96. The molecule has 3 aromatic carbocycles. The Morgan fingerprint density at radius 3 is 2.07 bits per heavy atom. The van der Waals surface area contributed by atoms with Gasteiger partial charge >= 0.3 is 0 Å². The van der Waals surface area contributed by atoms with Gasteiger partial charge < -0.3 is 0 Å². The maximum Gasteiger partial charge on any atom is 0.269 e. The van der Waals surface area contributed by atoms with Crippen LogP contribution in [0.5, 0.6) is 0 Å². The highest BCUT2D eigenvalue weighted by Gasteiger charge is 2.20. The summed E-state index contributed by atoms with van der Waals surface area (Å²) in [4.78, 5) is 23.6. The number of nitro groups is 1. The zero-order valence-electron chi connectivity index (χ0n) is 15.6. The molecule has 0 heterocycles. The Morgan fingerprint density at radius 1 is 0.889 bits per heavy atom. The summed E-state index contributed by atoms with van der Waals surface area (Å²) in [6, 6.07) is 21.3. The van der Waals surface area contributed by atoms with Crippen LogP contribution in [0.15, 0.2) is 72.8 Å². The Labute approximate surface area is 158 Å². The van der Waals surface area contributed by atoms with E-state index in [-0.39, 0.29) is 16.9 Å². The van der Waals surface area contributed by atoms with E-state index in [1.165, 1.54) is 12.1 Å².